The first-order valence-electron chi connectivity index (χ1n) is 21.4. The van der Waals surface area contributed by atoms with Crippen LogP contribution in [0.3, 0.4) is 0 Å². The molecule has 0 aliphatic heterocycles. The normalized spacial score (nSPS) is 11.8. The van der Waals surface area contributed by atoms with E-state index in [1.807, 2.05) is 24.3 Å². The molecule has 0 atom stereocenters. The molecule has 5 nitrogen and oxygen atoms in total. The third-order valence-electron chi connectivity index (χ3n) is 12.6. The fraction of sp³-hybridized carbons (Fsp3) is 0. The zero-order chi connectivity index (χ0) is 41.4. The third kappa shape index (κ3) is 5.50. The number of nitrogens with zero attached hydrogens (tertiary/aromatic N) is 5. The van der Waals surface area contributed by atoms with Crippen LogP contribution in [-0.2, 0) is 0 Å². The van der Waals surface area contributed by atoms with E-state index < -0.39 is 0 Å². The lowest BCUT2D eigenvalue weighted by atomic mass is 10.0. The number of fused-ring (bicyclic) bond motifs is 10. The van der Waals surface area contributed by atoms with Crippen LogP contribution in [0, 0.1) is 0 Å². The zero-order valence-electron chi connectivity index (χ0n) is 34.1. The van der Waals surface area contributed by atoms with Crippen LogP contribution >= 0.6 is 0 Å². The van der Waals surface area contributed by atoms with Gasteiger partial charge >= 0.3 is 0 Å². The molecule has 0 saturated heterocycles. The number of aromatic nitrogens is 5. The van der Waals surface area contributed by atoms with Crippen molar-refractivity contribution in [3.63, 3.8) is 0 Å². The van der Waals surface area contributed by atoms with E-state index in [1.54, 1.807) is 0 Å². The molecule has 13 rings (SSSR count). The van der Waals surface area contributed by atoms with E-state index in [0.717, 1.165) is 56.2 Å². The molecule has 0 unspecified atom stereocenters. The van der Waals surface area contributed by atoms with Crippen molar-refractivity contribution < 1.29 is 0 Å². The Morgan fingerprint density at radius 3 is 1.44 bits per heavy atom. The Bertz CT molecular complexity index is 3820. The maximum Gasteiger partial charge on any atom is 0.160 e. The van der Waals surface area contributed by atoms with Gasteiger partial charge in [-0.2, -0.15) is 0 Å². The summed E-state index contributed by atoms with van der Waals surface area (Å²) in [4.78, 5) is 10.3. The summed E-state index contributed by atoms with van der Waals surface area (Å²) in [5, 5.41) is 7.28. The molecular weight excluding hydrogens is 767 g/mol. The average Bonchev–Trinajstić information content (AvgIpc) is 4.00. The van der Waals surface area contributed by atoms with Gasteiger partial charge in [0.25, 0.3) is 0 Å². The van der Waals surface area contributed by atoms with Crippen molar-refractivity contribution in [3.8, 4) is 51.0 Å². The first-order valence-corrected chi connectivity index (χ1v) is 21.4. The van der Waals surface area contributed by atoms with Crippen LogP contribution < -0.4 is 0 Å². The second-order valence-electron chi connectivity index (χ2n) is 16.2. The Hall–Kier alpha value is -8.54. The van der Waals surface area contributed by atoms with Gasteiger partial charge in [-0.3, -0.25) is 0 Å². The Morgan fingerprint density at radius 2 is 0.762 bits per heavy atom. The van der Waals surface area contributed by atoms with Gasteiger partial charge in [-0.1, -0.05) is 158 Å². The highest BCUT2D eigenvalue weighted by Crippen LogP contribution is 2.44. The molecule has 63 heavy (non-hydrogen) atoms. The van der Waals surface area contributed by atoms with Crippen LogP contribution in [0.4, 0.5) is 0 Å². The molecule has 0 fully saturated rings. The van der Waals surface area contributed by atoms with Gasteiger partial charge in [0.05, 0.1) is 44.5 Å². The number of benzene rings is 9. The highest BCUT2D eigenvalue weighted by atomic mass is 15.0. The summed E-state index contributed by atoms with van der Waals surface area (Å²) in [6.45, 7) is 0. The van der Waals surface area contributed by atoms with Crippen molar-refractivity contribution >= 4 is 65.4 Å². The lowest BCUT2D eigenvalue weighted by Crippen LogP contribution is -1.97. The van der Waals surface area contributed by atoms with Crippen LogP contribution in [0.5, 0.6) is 0 Å². The van der Waals surface area contributed by atoms with Gasteiger partial charge in [0.1, 0.15) is 0 Å². The van der Waals surface area contributed by atoms with Gasteiger partial charge < -0.3 is 13.7 Å². The minimum absolute atomic E-state index is 0.699. The molecule has 0 spiro atoms. The SMILES string of the molecule is c1ccc(-c2cc(-c3ccc4c5c(ccc6c7ccccc7n(-c7ccc8c9ccccc9n(-c9ccccc9)c8c7)c65)n(-c5ccccc5)c4c3)nc(-c3ccccc3)n2)cc1. The number of hydrogen-bond acceptors (Lipinski definition) is 2. The summed E-state index contributed by atoms with van der Waals surface area (Å²) >= 11 is 0. The van der Waals surface area contributed by atoms with Crippen LogP contribution in [0.25, 0.3) is 116 Å². The maximum atomic E-state index is 5.24. The molecule has 0 N–H and O–H groups in total. The van der Waals surface area contributed by atoms with E-state index in [9.17, 15) is 0 Å². The smallest absolute Gasteiger partial charge is 0.160 e. The highest BCUT2D eigenvalue weighted by Gasteiger charge is 2.23. The van der Waals surface area contributed by atoms with Gasteiger partial charge in [-0.15, -0.1) is 0 Å². The molecule has 4 heterocycles. The van der Waals surface area contributed by atoms with Gasteiger partial charge in [-0.05, 0) is 66.7 Å². The summed E-state index contributed by atoms with van der Waals surface area (Å²) in [5.41, 5.74) is 15.1. The van der Waals surface area contributed by atoms with E-state index in [-0.39, 0.29) is 0 Å². The standard InChI is InChI=1S/C58H37N5/c1-5-17-38(18-6-1)49-37-50(60-58(59-49)39-19-7-2-8-20-39)40-29-31-48-54(35-40)62(42-23-11-4-12-24-42)53-34-33-47-45-26-14-16-28-52(45)63(57(47)56(48)53)43-30-32-46-44-25-13-15-27-51(44)61(55(46)36-43)41-21-9-3-10-22-41/h1-37H. The monoisotopic (exact) mass is 803 g/mol. The molecule has 0 aliphatic carbocycles. The first kappa shape index (κ1) is 35.2. The van der Waals surface area contributed by atoms with Gasteiger partial charge in [0.15, 0.2) is 5.82 Å². The van der Waals surface area contributed by atoms with Gasteiger partial charge in [0.2, 0.25) is 0 Å². The van der Waals surface area contributed by atoms with E-state index in [0.29, 0.717) is 5.82 Å². The Balaban J connectivity index is 1.11. The predicted molar refractivity (Wildman–Crippen MR) is 261 cm³/mol. The lowest BCUT2D eigenvalue weighted by molar-refractivity contribution is 1.16. The van der Waals surface area contributed by atoms with E-state index >= 15 is 0 Å². The van der Waals surface area contributed by atoms with Gasteiger partial charge in [0, 0.05) is 66.1 Å². The summed E-state index contributed by atoms with van der Waals surface area (Å²) in [6, 6.07) is 80.2. The maximum absolute atomic E-state index is 5.24. The van der Waals surface area contributed by atoms with Crippen LogP contribution in [-0.4, -0.2) is 23.7 Å². The number of rotatable bonds is 6. The predicted octanol–water partition coefficient (Wildman–Crippen LogP) is 14.8. The lowest BCUT2D eigenvalue weighted by Gasteiger charge is -2.12. The highest BCUT2D eigenvalue weighted by molar-refractivity contribution is 6.26. The molecule has 0 bridgehead atoms. The summed E-state index contributed by atoms with van der Waals surface area (Å²) in [5.74, 6) is 0.699. The fourth-order valence-corrected chi connectivity index (χ4v) is 9.86. The topological polar surface area (TPSA) is 40.6 Å². The second kappa shape index (κ2) is 14.0. The van der Waals surface area contributed by atoms with Gasteiger partial charge in [-0.25, -0.2) is 9.97 Å². The molecule has 4 aromatic heterocycles. The average molecular weight is 804 g/mol. The molecule has 9 aromatic carbocycles. The first-order chi connectivity index (χ1) is 31.3. The van der Waals surface area contributed by atoms with Crippen molar-refractivity contribution in [2.45, 2.75) is 0 Å². The summed E-state index contributed by atoms with van der Waals surface area (Å²) in [7, 11) is 0. The molecule has 0 saturated carbocycles. The molecular formula is C58H37N5. The van der Waals surface area contributed by atoms with Crippen molar-refractivity contribution in [1.29, 1.82) is 0 Å². The van der Waals surface area contributed by atoms with Crippen LogP contribution in [0.2, 0.25) is 0 Å². The van der Waals surface area contributed by atoms with Crippen molar-refractivity contribution in [2.24, 2.45) is 0 Å². The van der Waals surface area contributed by atoms with E-state index in [4.69, 9.17) is 9.97 Å². The minimum Gasteiger partial charge on any atom is -0.309 e. The minimum atomic E-state index is 0.699. The molecule has 294 valence electrons. The molecule has 13 aromatic rings. The molecule has 0 amide bonds. The molecule has 5 heteroatoms. The Morgan fingerprint density at radius 1 is 0.270 bits per heavy atom. The number of hydrogen-bond donors (Lipinski definition) is 0. The van der Waals surface area contributed by atoms with Crippen molar-refractivity contribution in [3.05, 3.63) is 224 Å². The van der Waals surface area contributed by atoms with Crippen LogP contribution in [0.1, 0.15) is 0 Å². The Labute approximate surface area is 363 Å². The third-order valence-corrected chi connectivity index (χ3v) is 12.6. The van der Waals surface area contributed by atoms with Crippen molar-refractivity contribution in [1.82, 2.24) is 23.7 Å². The molecule has 0 radical (unpaired) electrons. The quantitative estimate of drug-likeness (QED) is 0.168. The summed E-state index contributed by atoms with van der Waals surface area (Å²) in [6.07, 6.45) is 0. The summed E-state index contributed by atoms with van der Waals surface area (Å²) < 4.78 is 7.31. The largest absolute Gasteiger partial charge is 0.309 e. The second-order valence-corrected chi connectivity index (χ2v) is 16.2. The van der Waals surface area contributed by atoms with E-state index in [1.165, 1.54) is 54.4 Å². The Kier molecular flexibility index (Phi) is 7.84. The molecule has 0 aliphatic rings. The van der Waals surface area contributed by atoms with E-state index in [2.05, 4.69) is 214 Å². The van der Waals surface area contributed by atoms with Crippen LogP contribution in [0.15, 0.2) is 224 Å². The zero-order valence-corrected chi connectivity index (χ0v) is 34.1. The number of para-hydroxylation sites is 4. The fourth-order valence-electron chi connectivity index (χ4n) is 9.86. The van der Waals surface area contributed by atoms with Crippen molar-refractivity contribution in [2.75, 3.05) is 0 Å².